The number of amides is 1. The van der Waals surface area contributed by atoms with E-state index < -0.39 is 9.84 Å². The number of carbonyl (C=O) groups is 1. The predicted octanol–water partition coefficient (Wildman–Crippen LogP) is 0.183. The van der Waals surface area contributed by atoms with Gasteiger partial charge in [-0.25, -0.2) is 8.42 Å². The Morgan fingerprint density at radius 1 is 1.17 bits per heavy atom. The number of nitrogens with zero attached hydrogens (tertiary/aromatic N) is 1. The van der Waals surface area contributed by atoms with Gasteiger partial charge in [-0.05, 0) is 19.3 Å². The highest BCUT2D eigenvalue weighted by Gasteiger charge is 2.32. The van der Waals surface area contributed by atoms with Crippen LogP contribution >= 0.6 is 12.4 Å². The molecule has 106 valence electrons. The smallest absolute Gasteiger partial charge is 0.225 e. The van der Waals surface area contributed by atoms with Crippen molar-refractivity contribution in [3.63, 3.8) is 0 Å². The molecule has 0 spiro atoms. The summed E-state index contributed by atoms with van der Waals surface area (Å²) < 4.78 is 22.6. The molecule has 2 unspecified atom stereocenters. The van der Waals surface area contributed by atoms with Gasteiger partial charge >= 0.3 is 0 Å². The van der Waals surface area contributed by atoms with Gasteiger partial charge in [0.1, 0.15) is 0 Å². The van der Waals surface area contributed by atoms with E-state index in [1.807, 2.05) is 0 Å². The van der Waals surface area contributed by atoms with Crippen LogP contribution in [0.2, 0.25) is 0 Å². The van der Waals surface area contributed by atoms with E-state index in [0.717, 1.165) is 25.7 Å². The van der Waals surface area contributed by atoms with Crippen molar-refractivity contribution in [2.45, 2.75) is 31.7 Å². The molecular weight excluding hydrogens is 276 g/mol. The van der Waals surface area contributed by atoms with Crippen LogP contribution < -0.4 is 5.73 Å². The first kappa shape index (κ1) is 15.7. The minimum atomic E-state index is -2.91. The number of halogens is 1. The Kier molecular flexibility index (Phi) is 5.43. The standard InChI is InChI=1S/C11H20N2O3S.ClH/c12-10-3-1-2-9(8-10)11(14)13-4-6-17(15,16)7-5-13;/h9-10H,1-8,12H2;1H. The van der Waals surface area contributed by atoms with Gasteiger partial charge in [0, 0.05) is 25.0 Å². The van der Waals surface area contributed by atoms with E-state index in [2.05, 4.69) is 0 Å². The number of hydrogen-bond donors (Lipinski definition) is 1. The second kappa shape index (κ2) is 6.21. The maximum atomic E-state index is 12.2. The molecular formula is C11H21ClN2O3S. The van der Waals surface area contributed by atoms with Crippen LogP contribution in [0.3, 0.4) is 0 Å². The molecule has 0 aromatic heterocycles. The predicted molar refractivity (Wildman–Crippen MR) is 72.4 cm³/mol. The van der Waals surface area contributed by atoms with Crippen LogP contribution in [0.5, 0.6) is 0 Å². The summed E-state index contributed by atoms with van der Waals surface area (Å²) in [6.07, 6.45) is 3.65. The van der Waals surface area contributed by atoms with Crippen LogP contribution in [-0.4, -0.2) is 49.9 Å². The van der Waals surface area contributed by atoms with E-state index in [1.165, 1.54) is 0 Å². The summed E-state index contributed by atoms with van der Waals surface area (Å²) in [6.45, 7) is 0.708. The minimum absolute atomic E-state index is 0. The summed E-state index contributed by atoms with van der Waals surface area (Å²) in [5.41, 5.74) is 5.87. The summed E-state index contributed by atoms with van der Waals surface area (Å²) in [5.74, 6) is 0.337. The molecule has 0 aromatic rings. The normalized spacial score (nSPS) is 31.5. The maximum Gasteiger partial charge on any atom is 0.225 e. The Bertz CT molecular complexity index is 385. The Labute approximate surface area is 114 Å². The second-order valence-corrected chi connectivity index (χ2v) is 7.40. The van der Waals surface area contributed by atoms with Crippen molar-refractivity contribution in [2.75, 3.05) is 24.6 Å². The highest BCUT2D eigenvalue weighted by molar-refractivity contribution is 7.91. The van der Waals surface area contributed by atoms with Crippen molar-refractivity contribution in [3.05, 3.63) is 0 Å². The van der Waals surface area contributed by atoms with Gasteiger partial charge in [-0.2, -0.15) is 0 Å². The first-order valence-electron chi connectivity index (χ1n) is 6.23. The molecule has 2 atom stereocenters. The minimum Gasteiger partial charge on any atom is -0.340 e. The van der Waals surface area contributed by atoms with E-state index >= 15 is 0 Å². The van der Waals surface area contributed by atoms with Gasteiger partial charge in [0.25, 0.3) is 0 Å². The fourth-order valence-electron chi connectivity index (χ4n) is 2.64. The van der Waals surface area contributed by atoms with Gasteiger partial charge in [0.05, 0.1) is 11.5 Å². The summed E-state index contributed by atoms with van der Waals surface area (Å²) in [4.78, 5) is 13.9. The first-order chi connectivity index (χ1) is 7.98. The quantitative estimate of drug-likeness (QED) is 0.749. The third kappa shape index (κ3) is 3.83. The van der Waals surface area contributed by atoms with E-state index in [1.54, 1.807) is 4.90 Å². The average molecular weight is 297 g/mol. The van der Waals surface area contributed by atoms with E-state index in [0.29, 0.717) is 13.1 Å². The zero-order valence-electron chi connectivity index (χ0n) is 10.4. The Hall–Kier alpha value is -0.330. The molecule has 0 radical (unpaired) electrons. The molecule has 7 heteroatoms. The molecule has 1 aliphatic heterocycles. The fourth-order valence-corrected chi connectivity index (χ4v) is 3.84. The highest BCUT2D eigenvalue weighted by atomic mass is 35.5. The number of carbonyl (C=O) groups excluding carboxylic acids is 1. The van der Waals surface area contributed by atoms with Crippen LogP contribution in [0.4, 0.5) is 0 Å². The summed E-state index contributed by atoms with van der Waals surface area (Å²) >= 11 is 0. The lowest BCUT2D eigenvalue weighted by molar-refractivity contribution is -0.136. The van der Waals surface area contributed by atoms with Crippen molar-refractivity contribution in [1.82, 2.24) is 4.90 Å². The lowest BCUT2D eigenvalue weighted by atomic mass is 9.85. The average Bonchev–Trinajstić information content (AvgIpc) is 2.28. The maximum absolute atomic E-state index is 12.2. The van der Waals surface area contributed by atoms with Gasteiger partial charge < -0.3 is 10.6 Å². The van der Waals surface area contributed by atoms with E-state index in [9.17, 15) is 13.2 Å². The zero-order chi connectivity index (χ0) is 12.5. The lowest BCUT2D eigenvalue weighted by Crippen LogP contribution is -2.47. The summed E-state index contributed by atoms with van der Waals surface area (Å²) in [6, 6.07) is 0.131. The number of nitrogens with two attached hydrogens (primary N) is 1. The van der Waals surface area contributed by atoms with Crippen molar-refractivity contribution < 1.29 is 13.2 Å². The Morgan fingerprint density at radius 2 is 1.78 bits per heavy atom. The van der Waals surface area contributed by atoms with Crippen molar-refractivity contribution in [2.24, 2.45) is 11.7 Å². The number of sulfone groups is 1. The molecule has 1 heterocycles. The largest absolute Gasteiger partial charge is 0.340 e. The molecule has 5 nitrogen and oxygen atoms in total. The van der Waals surface area contributed by atoms with Crippen molar-refractivity contribution in [1.29, 1.82) is 0 Å². The van der Waals surface area contributed by atoms with Crippen LogP contribution in [-0.2, 0) is 14.6 Å². The molecule has 1 aliphatic carbocycles. The van der Waals surface area contributed by atoms with Crippen molar-refractivity contribution in [3.8, 4) is 0 Å². The van der Waals surface area contributed by atoms with Gasteiger partial charge in [0.2, 0.25) is 5.91 Å². The van der Waals surface area contributed by atoms with E-state index in [-0.39, 0.29) is 41.8 Å². The van der Waals surface area contributed by atoms with Crippen LogP contribution in [0.15, 0.2) is 0 Å². The first-order valence-corrected chi connectivity index (χ1v) is 8.05. The second-order valence-electron chi connectivity index (χ2n) is 5.10. The van der Waals surface area contributed by atoms with Gasteiger partial charge in [0.15, 0.2) is 9.84 Å². The van der Waals surface area contributed by atoms with Crippen LogP contribution in [0.1, 0.15) is 25.7 Å². The van der Waals surface area contributed by atoms with E-state index in [4.69, 9.17) is 5.73 Å². The third-order valence-electron chi connectivity index (χ3n) is 3.72. The SMILES string of the molecule is Cl.NC1CCCC(C(=O)N2CCS(=O)(=O)CC2)C1. The molecule has 2 aliphatic rings. The molecule has 1 saturated carbocycles. The monoisotopic (exact) mass is 296 g/mol. The number of rotatable bonds is 1. The molecule has 2 rings (SSSR count). The fraction of sp³-hybridized carbons (Fsp3) is 0.909. The molecule has 0 bridgehead atoms. The molecule has 2 fully saturated rings. The topological polar surface area (TPSA) is 80.5 Å². The molecule has 2 N–H and O–H groups in total. The highest BCUT2D eigenvalue weighted by Crippen LogP contribution is 2.25. The molecule has 1 amide bonds. The van der Waals surface area contributed by atoms with Crippen molar-refractivity contribution >= 4 is 28.2 Å². The molecule has 1 saturated heterocycles. The summed E-state index contributed by atoms with van der Waals surface area (Å²) in [7, 11) is -2.91. The summed E-state index contributed by atoms with van der Waals surface area (Å²) in [5, 5.41) is 0. The molecule has 18 heavy (non-hydrogen) atoms. The molecule has 0 aromatic carbocycles. The Morgan fingerprint density at radius 3 is 2.33 bits per heavy atom. The number of hydrogen-bond acceptors (Lipinski definition) is 4. The zero-order valence-corrected chi connectivity index (χ0v) is 12.0. The van der Waals surface area contributed by atoms with Gasteiger partial charge in [-0.1, -0.05) is 6.42 Å². The van der Waals surface area contributed by atoms with Crippen LogP contribution in [0, 0.1) is 5.92 Å². The van der Waals surface area contributed by atoms with Crippen LogP contribution in [0.25, 0.3) is 0 Å². The Balaban J connectivity index is 0.00000162. The van der Waals surface area contributed by atoms with Gasteiger partial charge in [-0.15, -0.1) is 12.4 Å². The van der Waals surface area contributed by atoms with Gasteiger partial charge in [-0.3, -0.25) is 4.79 Å². The third-order valence-corrected chi connectivity index (χ3v) is 5.33. The lowest BCUT2D eigenvalue weighted by Gasteiger charge is -2.33.